The van der Waals surface area contributed by atoms with E-state index >= 15 is 0 Å². The molecule has 1 saturated heterocycles. The standard InChI is InChI=1S/C33H47N3O5/c1-23(2)36(33(38)27-13-14-30(40-5)31(18-27)41-16-8-15-39-4)22-29-20-34-19-28(29)21-35(3)32(37)26-12-11-24-9-6-7-10-25(24)17-26/h6-7,9-10,13-14,18,23,26,28-29,34H,8,11-12,15-17,19-22H2,1-5H3/t26-,28+,29+/m1/s1. The number of ether oxygens (including phenoxy) is 3. The number of aryl methyl sites for hydroxylation is 1. The molecular weight excluding hydrogens is 518 g/mol. The van der Waals surface area contributed by atoms with Crippen LogP contribution in [0.25, 0.3) is 0 Å². The summed E-state index contributed by atoms with van der Waals surface area (Å²) >= 11 is 0. The SMILES string of the molecule is COCCCOc1cc(C(=O)N(C[C@@H]2CNC[C@H]2CN(C)C(=O)[C@@H]2CCc3ccccc3C2)C(C)C)ccc1OC. The van der Waals surface area contributed by atoms with Gasteiger partial charge in [-0.1, -0.05) is 24.3 Å². The van der Waals surface area contributed by atoms with E-state index in [1.54, 1.807) is 32.4 Å². The molecule has 0 unspecified atom stereocenters. The first-order chi connectivity index (χ1) is 19.8. The first-order valence-corrected chi connectivity index (χ1v) is 15.0. The predicted molar refractivity (Wildman–Crippen MR) is 161 cm³/mol. The molecule has 8 heteroatoms. The molecule has 8 nitrogen and oxygen atoms in total. The van der Waals surface area contributed by atoms with Gasteiger partial charge in [0.05, 0.1) is 13.7 Å². The lowest BCUT2D eigenvalue weighted by Gasteiger charge is -2.34. The molecule has 0 radical (unpaired) electrons. The fourth-order valence-electron chi connectivity index (χ4n) is 6.13. The van der Waals surface area contributed by atoms with Crippen LogP contribution >= 0.6 is 0 Å². The molecule has 0 bridgehead atoms. The molecular formula is C33H47N3O5. The largest absolute Gasteiger partial charge is 0.493 e. The van der Waals surface area contributed by atoms with Crippen LogP contribution in [-0.2, 0) is 22.4 Å². The molecule has 4 rings (SSSR count). The molecule has 1 N–H and O–H groups in total. The van der Waals surface area contributed by atoms with Crippen molar-refractivity contribution < 1.29 is 23.8 Å². The van der Waals surface area contributed by atoms with Crippen molar-refractivity contribution in [2.75, 3.05) is 60.7 Å². The quantitative estimate of drug-likeness (QED) is 0.369. The molecule has 0 saturated carbocycles. The van der Waals surface area contributed by atoms with E-state index < -0.39 is 0 Å². The van der Waals surface area contributed by atoms with Crippen molar-refractivity contribution in [3.05, 3.63) is 59.2 Å². The Hall–Kier alpha value is -3.10. The maximum Gasteiger partial charge on any atom is 0.254 e. The maximum atomic E-state index is 13.8. The van der Waals surface area contributed by atoms with E-state index in [0.29, 0.717) is 43.4 Å². The van der Waals surface area contributed by atoms with Gasteiger partial charge in [0.15, 0.2) is 11.5 Å². The molecule has 0 aromatic heterocycles. The fraction of sp³-hybridized carbons (Fsp3) is 0.576. The van der Waals surface area contributed by atoms with Gasteiger partial charge in [-0.25, -0.2) is 0 Å². The van der Waals surface area contributed by atoms with Gasteiger partial charge in [-0.2, -0.15) is 0 Å². The van der Waals surface area contributed by atoms with Crippen LogP contribution in [-0.4, -0.2) is 88.3 Å². The van der Waals surface area contributed by atoms with Crippen LogP contribution in [0.2, 0.25) is 0 Å². The third-order valence-electron chi connectivity index (χ3n) is 8.54. The molecule has 224 valence electrons. The number of amides is 2. The number of fused-ring (bicyclic) bond motifs is 1. The summed E-state index contributed by atoms with van der Waals surface area (Å²) in [6.45, 7) is 8.18. The van der Waals surface area contributed by atoms with Gasteiger partial charge >= 0.3 is 0 Å². The Balaban J connectivity index is 1.39. The molecule has 0 spiro atoms. The van der Waals surface area contributed by atoms with E-state index in [9.17, 15) is 9.59 Å². The van der Waals surface area contributed by atoms with Crippen LogP contribution in [0.1, 0.15) is 48.2 Å². The molecule has 3 atom stereocenters. The number of carbonyl (C=O) groups excluding carboxylic acids is 2. The Morgan fingerprint density at radius 3 is 2.41 bits per heavy atom. The number of rotatable bonds is 13. The lowest BCUT2D eigenvalue weighted by Crippen LogP contribution is -2.44. The molecule has 1 heterocycles. The van der Waals surface area contributed by atoms with Gasteiger partial charge in [0.25, 0.3) is 5.91 Å². The van der Waals surface area contributed by atoms with Crippen LogP contribution < -0.4 is 14.8 Å². The molecule has 41 heavy (non-hydrogen) atoms. The molecule has 2 aliphatic rings. The molecule has 2 aromatic rings. The summed E-state index contributed by atoms with van der Waals surface area (Å²) in [6, 6.07) is 13.9. The van der Waals surface area contributed by atoms with Gasteiger partial charge in [0.2, 0.25) is 5.91 Å². The monoisotopic (exact) mass is 565 g/mol. The van der Waals surface area contributed by atoms with Crippen molar-refractivity contribution in [2.24, 2.45) is 17.8 Å². The first-order valence-electron chi connectivity index (χ1n) is 15.0. The van der Waals surface area contributed by atoms with Gasteiger partial charge in [0.1, 0.15) is 0 Å². The highest BCUT2D eigenvalue weighted by Gasteiger charge is 2.34. The smallest absolute Gasteiger partial charge is 0.254 e. The maximum absolute atomic E-state index is 13.8. The van der Waals surface area contributed by atoms with E-state index in [-0.39, 0.29) is 35.6 Å². The van der Waals surface area contributed by atoms with Crippen LogP contribution in [0.5, 0.6) is 11.5 Å². The first kappa shape index (κ1) is 30.8. The van der Waals surface area contributed by atoms with E-state index in [1.165, 1.54) is 11.1 Å². The Bertz CT molecular complexity index is 1170. The highest BCUT2D eigenvalue weighted by molar-refractivity contribution is 5.95. The van der Waals surface area contributed by atoms with Crippen molar-refractivity contribution in [3.8, 4) is 11.5 Å². The Morgan fingerprint density at radius 2 is 1.71 bits per heavy atom. The van der Waals surface area contributed by atoms with Crippen molar-refractivity contribution in [1.29, 1.82) is 0 Å². The van der Waals surface area contributed by atoms with Gasteiger partial charge in [-0.3, -0.25) is 9.59 Å². The lowest BCUT2D eigenvalue weighted by molar-refractivity contribution is -0.135. The Kier molecular flexibility index (Phi) is 11.1. The van der Waals surface area contributed by atoms with Gasteiger partial charge < -0.3 is 29.3 Å². The summed E-state index contributed by atoms with van der Waals surface area (Å²) in [5.41, 5.74) is 3.26. The van der Waals surface area contributed by atoms with Gasteiger partial charge in [-0.05, 0) is 74.3 Å². The van der Waals surface area contributed by atoms with Crippen molar-refractivity contribution >= 4 is 11.8 Å². The normalized spacial score (nSPS) is 20.0. The molecule has 1 aliphatic heterocycles. The number of hydrogen-bond acceptors (Lipinski definition) is 6. The predicted octanol–water partition coefficient (Wildman–Crippen LogP) is 4.06. The third kappa shape index (κ3) is 7.80. The van der Waals surface area contributed by atoms with E-state index in [0.717, 1.165) is 38.8 Å². The van der Waals surface area contributed by atoms with Crippen LogP contribution in [0, 0.1) is 17.8 Å². The topological polar surface area (TPSA) is 80.3 Å². The number of nitrogens with zero attached hydrogens (tertiary/aromatic N) is 2. The third-order valence-corrected chi connectivity index (χ3v) is 8.54. The van der Waals surface area contributed by atoms with Crippen molar-refractivity contribution in [1.82, 2.24) is 15.1 Å². The summed E-state index contributed by atoms with van der Waals surface area (Å²) < 4.78 is 16.5. The minimum atomic E-state index is -0.0275. The van der Waals surface area contributed by atoms with Crippen LogP contribution in [0.15, 0.2) is 42.5 Å². The summed E-state index contributed by atoms with van der Waals surface area (Å²) in [7, 11) is 5.20. The minimum absolute atomic E-state index is 0.0265. The summed E-state index contributed by atoms with van der Waals surface area (Å²) in [5, 5.41) is 3.52. The number of nitrogens with one attached hydrogen (secondary N) is 1. The highest BCUT2D eigenvalue weighted by atomic mass is 16.5. The number of methoxy groups -OCH3 is 2. The number of carbonyl (C=O) groups is 2. The lowest BCUT2D eigenvalue weighted by atomic mass is 9.83. The molecule has 1 fully saturated rings. The zero-order chi connectivity index (χ0) is 29.4. The average molecular weight is 566 g/mol. The summed E-state index contributed by atoms with van der Waals surface area (Å²) in [4.78, 5) is 31.1. The Morgan fingerprint density at radius 1 is 0.976 bits per heavy atom. The zero-order valence-electron chi connectivity index (χ0n) is 25.4. The average Bonchev–Trinajstić information content (AvgIpc) is 3.43. The van der Waals surface area contributed by atoms with E-state index in [1.807, 2.05) is 16.8 Å². The molecule has 1 aliphatic carbocycles. The molecule has 2 amide bonds. The van der Waals surface area contributed by atoms with Crippen LogP contribution in [0.3, 0.4) is 0 Å². The van der Waals surface area contributed by atoms with Crippen LogP contribution in [0.4, 0.5) is 0 Å². The van der Waals surface area contributed by atoms with Gasteiger partial charge in [0, 0.05) is 70.9 Å². The number of benzene rings is 2. The second kappa shape index (κ2) is 14.7. The summed E-state index contributed by atoms with van der Waals surface area (Å²) in [6.07, 6.45) is 3.44. The zero-order valence-corrected chi connectivity index (χ0v) is 25.4. The van der Waals surface area contributed by atoms with Gasteiger partial charge in [-0.15, -0.1) is 0 Å². The number of hydrogen-bond donors (Lipinski definition) is 1. The van der Waals surface area contributed by atoms with E-state index in [4.69, 9.17) is 14.2 Å². The molecule has 2 aromatic carbocycles. The van der Waals surface area contributed by atoms with Crippen molar-refractivity contribution in [2.45, 2.75) is 45.6 Å². The Labute approximate surface area is 245 Å². The second-order valence-electron chi connectivity index (χ2n) is 11.7. The van der Waals surface area contributed by atoms with Crippen molar-refractivity contribution in [3.63, 3.8) is 0 Å². The fourth-order valence-corrected chi connectivity index (χ4v) is 6.13. The minimum Gasteiger partial charge on any atom is -0.493 e. The second-order valence-corrected chi connectivity index (χ2v) is 11.7. The van der Waals surface area contributed by atoms with E-state index in [2.05, 4.69) is 43.4 Å². The summed E-state index contributed by atoms with van der Waals surface area (Å²) in [5.74, 6) is 1.94. The highest BCUT2D eigenvalue weighted by Crippen LogP contribution is 2.30.